The van der Waals surface area contributed by atoms with Gasteiger partial charge in [0.2, 0.25) is 5.91 Å². The lowest BCUT2D eigenvalue weighted by atomic mass is 10.0. The van der Waals surface area contributed by atoms with Crippen molar-refractivity contribution < 1.29 is 24.5 Å². The molecule has 1 aliphatic heterocycles. The summed E-state index contributed by atoms with van der Waals surface area (Å²) in [5, 5.41) is 24.9. The van der Waals surface area contributed by atoms with E-state index in [4.69, 9.17) is 4.74 Å². The van der Waals surface area contributed by atoms with E-state index in [0.717, 1.165) is 11.1 Å². The van der Waals surface area contributed by atoms with Gasteiger partial charge in [-0.1, -0.05) is 42.5 Å². The summed E-state index contributed by atoms with van der Waals surface area (Å²) in [7, 11) is 0. The highest BCUT2D eigenvalue weighted by Gasteiger charge is 2.22. The smallest absolute Gasteiger partial charge is 0.255 e. The Labute approximate surface area is 197 Å². The van der Waals surface area contributed by atoms with Crippen molar-refractivity contribution in [3.63, 3.8) is 0 Å². The quantitative estimate of drug-likeness (QED) is 0.318. The Morgan fingerprint density at radius 1 is 0.971 bits per heavy atom. The van der Waals surface area contributed by atoms with Crippen molar-refractivity contribution in [3.05, 3.63) is 78.4 Å². The lowest BCUT2D eigenvalue weighted by Gasteiger charge is -2.31. The van der Waals surface area contributed by atoms with Crippen LogP contribution in [0.3, 0.4) is 0 Å². The Bertz CT molecular complexity index is 1130. The third-order valence-corrected chi connectivity index (χ3v) is 5.58. The van der Waals surface area contributed by atoms with E-state index in [1.54, 1.807) is 18.2 Å². The summed E-state index contributed by atoms with van der Waals surface area (Å²) in [6, 6.07) is 21.7. The first kappa shape index (κ1) is 23.4. The molecule has 8 nitrogen and oxygen atoms in total. The van der Waals surface area contributed by atoms with Gasteiger partial charge in [0.1, 0.15) is 5.75 Å². The summed E-state index contributed by atoms with van der Waals surface area (Å²) in [5.74, 6) is -0.714. The number of aromatic hydroxyl groups is 1. The normalized spacial score (nSPS) is 16.1. The van der Waals surface area contributed by atoms with Crippen LogP contribution < -0.4 is 10.6 Å². The molecular weight excluding hydrogens is 434 g/mol. The summed E-state index contributed by atoms with van der Waals surface area (Å²) in [4.78, 5) is 27.1. The lowest BCUT2D eigenvalue weighted by Crippen LogP contribution is -2.46. The molecule has 0 bridgehead atoms. The summed E-state index contributed by atoms with van der Waals surface area (Å²) in [6.45, 7) is 1.47. The maximum Gasteiger partial charge on any atom is 0.255 e. The molecule has 0 aliphatic carbocycles. The number of ether oxygens (including phenoxy) is 1. The number of carbonyl (C=O) groups excluding carboxylic acids is 2. The number of rotatable bonds is 7. The molecule has 1 fully saturated rings. The van der Waals surface area contributed by atoms with E-state index in [-0.39, 0.29) is 42.5 Å². The molecule has 1 atom stereocenters. The van der Waals surface area contributed by atoms with Crippen LogP contribution in [0.2, 0.25) is 0 Å². The Morgan fingerprint density at radius 2 is 1.71 bits per heavy atom. The molecule has 0 spiro atoms. The average Bonchev–Trinajstić information content (AvgIpc) is 2.86. The number of phenols is 1. The van der Waals surface area contributed by atoms with Crippen LogP contribution in [0.15, 0.2) is 72.8 Å². The number of nitrogens with zero attached hydrogens (tertiary/aromatic N) is 1. The van der Waals surface area contributed by atoms with Crippen LogP contribution in [0.5, 0.6) is 5.75 Å². The van der Waals surface area contributed by atoms with Gasteiger partial charge in [-0.2, -0.15) is 0 Å². The first-order valence-electron chi connectivity index (χ1n) is 11.1. The number of carbonyl (C=O) groups is 2. The highest BCUT2D eigenvalue weighted by Crippen LogP contribution is 2.27. The fraction of sp³-hybridized carbons (Fsp3) is 0.231. The molecule has 1 unspecified atom stereocenters. The van der Waals surface area contributed by atoms with E-state index in [1.807, 2.05) is 47.4 Å². The van der Waals surface area contributed by atoms with Crippen molar-refractivity contribution in [2.75, 3.05) is 43.5 Å². The second-order valence-electron chi connectivity index (χ2n) is 8.09. The number of aliphatic hydroxyl groups is 1. The molecule has 1 saturated heterocycles. The van der Waals surface area contributed by atoms with Crippen LogP contribution in [-0.4, -0.2) is 65.9 Å². The standard InChI is InChI=1S/C26H27N3O5/c30-17-22-15-29(12-13-34-22)16-25(32)28-23-14-21(10-11-24(23)31)27-26(33)20-8-6-19(7-9-20)18-4-2-1-3-5-18/h1-11,14,22,30-31H,12-13,15-17H2,(H,27,33)(H,28,32). The summed E-state index contributed by atoms with van der Waals surface area (Å²) < 4.78 is 5.39. The van der Waals surface area contributed by atoms with Gasteiger partial charge in [-0.25, -0.2) is 0 Å². The van der Waals surface area contributed by atoms with Crippen molar-refractivity contribution in [1.82, 2.24) is 4.90 Å². The van der Waals surface area contributed by atoms with Gasteiger partial charge in [-0.05, 0) is 41.5 Å². The third-order valence-electron chi connectivity index (χ3n) is 5.58. The van der Waals surface area contributed by atoms with Crippen LogP contribution >= 0.6 is 0 Å². The molecule has 3 aromatic carbocycles. The van der Waals surface area contributed by atoms with Gasteiger partial charge in [0, 0.05) is 24.3 Å². The van der Waals surface area contributed by atoms with Crippen LogP contribution in [0, 0.1) is 0 Å². The van der Waals surface area contributed by atoms with E-state index < -0.39 is 0 Å². The van der Waals surface area contributed by atoms with E-state index in [2.05, 4.69) is 10.6 Å². The maximum absolute atomic E-state index is 12.7. The number of benzene rings is 3. The fourth-order valence-corrected chi connectivity index (χ4v) is 3.79. The zero-order valence-electron chi connectivity index (χ0n) is 18.6. The van der Waals surface area contributed by atoms with Crippen molar-refractivity contribution in [3.8, 4) is 16.9 Å². The molecule has 2 amide bonds. The molecule has 176 valence electrons. The van der Waals surface area contributed by atoms with Gasteiger partial charge in [-0.15, -0.1) is 0 Å². The number of morpholine rings is 1. The molecule has 3 aromatic rings. The van der Waals surface area contributed by atoms with Crippen LogP contribution in [-0.2, 0) is 9.53 Å². The number of anilines is 2. The van der Waals surface area contributed by atoms with Crippen molar-refractivity contribution in [1.29, 1.82) is 0 Å². The first-order valence-corrected chi connectivity index (χ1v) is 11.1. The Morgan fingerprint density at radius 3 is 2.44 bits per heavy atom. The number of aliphatic hydroxyl groups excluding tert-OH is 1. The molecule has 0 radical (unpaired) electrons. The van der Waals surface area contributed by atoms with E-state index in [9.17, 15) is 19.8 Å². The molecule has 4 rings (SSSR count). The minimum atomic E-state index is -0.311. The topological polar surface area (TPSA) is 111 Å². The Hall–Kier alpha value is -3.72. The van der Waals surface area contributed by atoms with Gasteiger partial charge >= 0.3 is 0 Å². The predicted octanol–water partition coefficient (Wildman–Crippen LogP) is 2.94. The second kappa shape index (κ2) is 10.9. The molecule has 8 heteroatoms. The molecule has 0 aromatic heterocycles. The molecule has 0 saturated carbocycles. The largest absolute Gasteiger partial charge is 0.506 e. The monoisotopic (exact) mass is 461 g/mol. The molecule has 4 N–H and O–H groups in total. The van der Waals surface area contributed by atoms with Gasteiger partial charge in [0.25, 0.3) is 5.91 Å². The predicted molar refractivity (Wildman–Crippen MR) is 130 cm³/mol. The zero-order valence-corrected chi connectivity index (χ0v) is 18.6. The van der Waals surface area contributed by atoms with E-state index >= 15 is 0 Å². The van der Waals surface area contributed by atoms with Gasteiger partial charge in [0.15, 0.2) is 0 Å². The minimum Gasteiger partial charge on any atom is -0.506 e. The SMILES string of the molecule is O=C(CN1CCOC(CO)C1)Nc1cc(NC(=O)c2ccc(-c3ccccc3)cc2)ccc1O. The molecule has 1 heterocycles. The van der Waals surface area contributed by atoms with Crippen LogP contribution in [0.1, 0.15) is 10.4 Å². The van der Waals surface area contributed by atoms with Crippen molar-refractivity contribution >= 4 is 23.2 Å². The van der Waals surface area contributed by atoms with Crippen molar-refractivity contribution in [2.24, 2.45) is 0 Å². The Balaban J connectivity index is 1.37. The summed E-state index contributed by atoms with van der Waals surface area (Å²) in [5.41, 5.74) is 3.21. The Kier molecular flexibility index (Phi) is 7.54. The van der Waals surface area contributed by atoms with Gasteiger partial charge in [0.05, 0.1) is 31.5 Å². The highest BCUT2D eigenvalue weighted by molar-refractivity contribution is 6.05. The number of hydrogen-bond acceptors (Lipinski definition) is 6. The van der Waals surface area contributed by atoms with E-state index in [0.29, 0.717) is 30.9 Å². The zero-order chi connectivity index (χ0) is 23.9. The fourth-order valence-electron chi connectivity index (χ4n) is 3.79. The summed E-state index contributed by atoms with van der Waals surface area (Å²) in [6.07, 6.45) is -0.310. The number of phenolic OH excluding ortho intramolecular Hbond substituents is 1. The molecule has 34 heavy (non-hydrogen) atoms. The maximum atomic E-state index is 12.7. The van der Waals surface area contributed by atoms with Crippen LogP contribution in [0.25, 0.3) is 11.1 Å². The number of hydrogen-bond donors (Lipinski definition) is 4. The van der Waals surface area contributed by atoms with E-state index in [1.165, 1.54) is 12.1 Å². The first-order chi connectivity index (χ1) is 16.5. The highest BCUT2D eigenvalue weighted by atomic mass is 16.5. The number of amides is 2. The molecular formula is C26H27N3O5. The second-order valence-corrected chi connectivity index (χ2v) is 8.09. The third kappa shape index (κ3) is 5.99. The average molecular weight is 462 g/mol. The van der Waals surface area contributed by atoms with Gasteiger partial charge < -0.3 is 25.6 Å². The van der Waals surface area contributed by atoms with Crippen LogP contribution in [0.4, 0.5) is 11.4 Å². The molecule has 1 aliphatic rings. The summed E-state index contributed by atoms with van der Waals surface area (Å²) >= 11 is 0. The lowest BCUT2D eigenvalue weighted by molar-refractivity contribution is -0.120. The van der Waals surface area contributed by atoms with Gasteiger partial charge in [-0.3, -0.25) is 14.5 Å². The van der Waals surface area contributed by atoms with Crippen molar-refractivity contribution in [2.45, 2.75) is 6.10 Å². The minimum absolute atomic E-state index is 0.101. The number of nitrogens with one attached hydrogen (secondary N) is 2.